The van der Waals surface area contributed by atoms with Crippen LogP contribution in [-0.4, -0.2) is 4.57 Å². The Kier molecular flexibility index (Phi) is 9.84. The van der Waals surface area contributed by atoms with Gasteiger partial charge in [-0.2, -0.15) is 0 Å². The molecule has 0 radical (unpaired) electrons. The van der Waals surface area contributed by atoms with E-state index in [-0.39, 0.29) is 0 Å². The number of aromatic nitrogens is 1. The predicted octanol–water partition coefficient (Wildman–Crippen LogP) is 18.5. The first kappa shape index (κ1) is 40.1. The molecular formula is C66H44N2O. The number of anilines is 3. The molecule has 13 rings (SSSR count). The van der Waals surface area contributed by atoms with Crippen LogP contribution in [0, 0.1) is 0 Å². The standard InChI is InChI=1S/C66H44N2O/c1-2-15-45(16-3-1)46-29-31-49(32-30-46)57-21-6-10-25-62(57)67(52-38-33-47(34-39-52)50-17-14-18-54(43-50)68-63-26-11-7-22-58(63)59-23-8-12-27-64(59)68)53-40-35-48(36-41-53)55-19-4-5-20-56(55)51-37-42-61-60-24-9-13-28-65(60)69-66(61)44-51/h1-44H. The number of hydrogen-bond acceptors (Lipinski definition) is 2. The minimum Gasteiger partial charge on any atom is -0.456 e. The quantitative estimate of drug-likeness (QED) is 0.144. The molecular weight excluding hydrogens is 837 g/mol. The maximum absolute atomic E-state index is 6.33. The Morgan fingerprint density at radius 2 is 0.739 bits per heavy atom. The number of fused-ring (bicyclic) bond motifs is 6. The van der Waals surface area contributed by atoms with Gasteiger partial charge >= 0.3 is 0 Å². The van der Waals surface area contributed by atoms with Gasteiger partial charge in [0.15, 0.2) is 0 Å². The molecule has 0 saturated heterocycles. The predicted molar refractivity (Wildman–Crippen MR) is 290 cm³/mol. The van der Waals surface area contributed by atoms with Gasteiger partial charge in [0.1, 0.15) is 11.2 Å². The zero-order valence-corrected chi connectivity index (χ0v) is 37.7. The zero-order chi connectivity index (χ0) is 45.7. The lowest BCUT2D eigenvalue weighted by Crippen LogP contribution is -2.11. The van der Waals surface area contributed by atoms with Crippen LogP contribution < -0.4 is 4.90 Å². The van der Waals surface area contributed by atoms with E-state index in [2.05, 4.69) is 264 Å². The Labute approximate surface area is 401 Å². The van der Waals surface area contributed by atoms with E-state index < -0.39 is 0 Å². The highest BCUT2D eigenvalue weighted by atomic mass is 16.3. The van der Waals surface area contributed by atoms with Crippen LogP contribution in [0.2, 0.25) is 0 Å². The third-order valence-electron chi connectivity index (χ3n) is 13.6. The highest BCUT2D eigenvalue weighted by Gasteiger charge is 2.19. The Hall–Kier alpha value is -9.18. The second-order valence-corrected chi connectivity index (χ2v) is 17.7. The number of nitrogens with zero attached hydrogens (tertiary/aromatic N) is 2. The first-order chi connectivity index (χ1) is 34.2. The monoisotopic (exact) mass is 880 g/mol. The molecule has 0 spiro atoms. The molecule has 324 valence electrons. The summed E-state index contributed by atoms with van der Waals surface area (Å²) in [6.07, 6.45) is 0. The van der Waals surface area contributed by atoms with Crippen molar-refractivity contribution < 1.29 is 4.42 Å². The lowest BCUT2D eigenvalue weighted by Gasteiger charge is -2.28. The average Bonchev–Trinajstić information content (AvgIpc) is 3.97. The summed E-state index contributed by atoms with van der Waals surface area (Å²) in [4.78, 5) is 2.39. The van der Waals surface area contributed by atoms with Crippen molar-refractivity contribution >= 4 is 60.8 Å². The molecule has 0 atom stereocenters. The maximum Gasteiger partial charge on any atom is 0.136 e. The van der Waals surface area contributed by atoms with E-state index in [9.17, 15) is 0 Å². The molecule has 2 heterocycles. The number of para-hydroxylation sites is 4. The van der Waals surface area contributed by atoms with Crippen LogP contribution in [0.3, 0.4) is 0 Å². The van der Waals surface area contributed by atoms with E-state index in [1.807, 2.05) is 12.1 Å². The molecule has 0 saturated carbocycles. The van der Waals surface area contributed by atoms with Gasteiger partial charge in [0, 0.05) is 44.2 Å². The van der Waals surface area contributed by atoms with Crippen LogP contribution in [0.25, 0.3) is 105 Å². The van der Waals surface area contributed by atoms with Gasteiger partial charge in [-0.3, -0.25) is 0 Å². The van der Waals surface area contributed by atoms with Crippen LogP contribution in [0.15, 0.2) is 271 Å². The summed E-state index contributed by atoms with van der Waals surface area (Å²) in [7, 11) is 0. The van der Waals surface area contributed by atoms with Crippen molar-refractivity contribution in [2.45, 2.75) is 0 Å². The molecule has 0 unspecified atom stereocenters. The molecule has 0 fully saturated rings. The summed E-state index contributed by atoms with van der Waals surface area (Å²) >= 11 is 0. The average molecular weight is 881 g/mol. The summed E-state index contributed by atoms with van der Waals surface area (Å²) in [5.41, 5.74) is 20.2. The lowest BCUT2D eigenvalue weighted by molar-refractivity contribution is 0.669. The Balaban J connectivity index is 0.893. The van der Waals surface area contributed by atoms with E-state index >= 15 is 0 Å². The molecule has 0 aliphatic heterocycles. The van der Waals surface area contributed by atoms with Crippen molar-refractivity contribution in [3.8, 4) is 61.3 Å². The molecule has 3 heteroatoms. The van der Waals surface area contributed by atoms with Crippen LogP contribution in [-0.2, 0) is 0 Å². The van der Waals surface area contributed by atoms with Gasteiger partial charge < -0.3 is 13.9 Å². The fourth-order valence-electron chi connectivity index (χ4n) is 10.3. The molecule has 69 heavy (non-hydrogen) atoms. The zero-order valence-electron chi connectivity index (χ0n) is 37.7. The lowest BCUT2D eigenvalue weighted by atomic mass is 9.93. The second-order valence-electron chi connectivity index (χ2n) is 17.7. The van der Waals surface area contributed by atoms with Gasteiger partial charge in [0.05, 0.1) is 16.7 Å². The summed E-state index contributed by atoms with van der Waals surface area (Å²) in [6.45, 7) is 0. The van der Waals surface area contributed by atoms with Gasteiger partial charge in [-0.05, 0) is 123 Å². The molecule has 0 bridgehead atoms. The molecule has 0 aliphatic carbocycles. The van der Waals surface area contributed by atoms with Gasteiger partial charge in [-0.15, -0.1) is 0 Å². The van der Waals surface area contributed by atoms with Crippen LogP contribution in [0.4, 0.5) is 17.1 Å². The summed E-state index contributed by atoms with van der Waals surface area (Å²) < 4.78 is 8.71. The summed E-state index contributed by atoms with van der Waals surface area (Å²) in [6, 6.07) is 96.1. The Morgan fingerprint density at radius 1 is 0.275 bits per heavy atom. The smallest absolute Gasteiger partial charge is 0.136 e. The largest absolute Gasteiger partial charge is 0.456 e. The third kappa shape index (κ3) is 7.16. The minimum atomic E-state index is 0.893. The maximum atomic E-state index is 6.33. The first-order valence-electron chi connectivity index (χ1n) is 23.6. The van der Waals surface area contributed by atoms with Crippen LogP contribution in [0.1, 0.15) is 0 Å². The van der Waals surface area contributed by atoms with Crippen molar-refractivity contribution in [2.75, 3.05) is 4.90 Å². The highest BCUT2D eigenvalue weighted by Crippen LogP contribution is 2.44. The Morgan fingerprint density at radius 3 is 1.45 bits per heavy atom. The van der Waals surface area contributed by atoms with Crippen molar-refractivity contribution in [1.29, 1.82) is 0 Å². The van der Waals surface area contributed by atoms with Gasteiger partial charge in [0.25, 0.3) is 0 Å². The topological polar surface area (TPSA) is 21.3 Å². The number of rotatable bonds is 9. The van der Waals surface area contributed by atoms with Gasteiger partial charge in [0.2, 0.25) is 0 Å². The SMILES string of the molecule is c1ccc(-c2ccc(-c3ccccc3N(c3ccc(-c4cccc(-n5c6ccccc6c6ccccc65)c4)cc3)c3ccc(-c4ccccc4-c4ccc5c(c4)oc4ccccc45)cc3)cc2)cc1. The number of benzene rings is 11. The van der Waals surface area contributed by atoms with E-state index in [4.69, 9.17) is 4.42 Å². The summed E-state index contributed by atoms with van der Waals surface area (Å²) in [5, 5.41) is 4.78. The van der Waals surface area contributed by atoms with E-state index in [1.54, 1.807) is 0 Å². The highest BCUT2D eigenvalue weighted by molar-refractivity contribution is 6.09. The molecule has 0 N–H and O–H groups in total. The normalized spacial score (nSPS) is 11.5. The second kappa shape index (κ2) is 16.9. The van der Waals surface area contributed by atoms with Crippen LogP contribution in [0.5, 0.6) is 0 Å². The van der Waals surface area contributed by atoms with Gasteiger partial charge in [-0.25, -0.2) is 0 Å². The fourth-order valence-corrected chi connectivity index (χ4v) is 10.3. The summed E-state index contributed by atoms with van der Waals surface area (Å²) in [5.74, 6) is 0. The van der Waals surface area contributed by atoms with E-state index in [1.165, 1.54) is 32.9 Å². The Bertz CT molecular complexity index is 3940. The van der Waals surface area contributed by atoms with Crippen molar-refractivity contribution in [2.24, 2.45) is 0 Å². The fraction of sp³-hybridized carbons (Fsp3) is 0. The molecule has 0 amide bonds. The molecule has 2 aromatic heterocycles. The molecule has 0 aliphatic rings. The first-order valence-corrected chi connectivity index (χ1v) is 23.6. The minimum absolute atomic E-state index is 0.893. The molecule has 13 aromatic rings. The van der Waals surface area contributed by atoms with Crippen molar-refractivity contribution in [3.05, 3.63) is 267 Å². The van der Waals surface area contributed by atoms with E-state index in [0.717, 1.165) is 89.2 Å². The van der Waals surface area contributed by atoms with E-state index in [0.29, 0.717) is 0 Å². The molecule has 3 nitrogen and oxygen atoms in total. The van der Waals surface area contributed by atoms with Gasteiger partial charge in [-0.1, -0.05) is 194 Å². The third-order valence-corrected chi connectivity index (χ3v) is 13.6. The molecule has 11 aromatic carbocycles. The van der Waals surface area contributed by atoms with Crippen molar-refractivity contribution in [3.63, 3.8) is 0 Å². The number of hydrogen-bond donors (Lipinski definition) is 0. The van der Waals surface area contributed by atoms with Crippen molar-refractivity contribution in [1.82, 2.24) is 4.57 Å². The number of furan rings is 1. The van der Waals surface area contributed by atoms with Crippen LogP contribution >= 0.6 is 0 Å².